The average molecular weight is 243 g/mol. The Labute approximate surface area is 106 Å². The number of hydrogen-bond donors (Lipinski definition) is 2. The molecule has 0 aliphatic heterocycles. The molecule has 3 nitrogen and oxygen atoms in total. The summed E-state index contributed by atoms with van der Waals surface area (Å²) >= 11 is 0. The van der Waals surface area contributed by atoms with Crippen LogP contribution in [0.5, 0.6) is 0 Å². The number of ether oxygens (including phenoxy) is 1. The van der Waals surface area contributed by atoms with E-state index in [4.69, 9.17) is 10.5 Å². The van der Waals surface area contributed by atoms with Gasteiger partial charge in [-0.3, -0.25) is 0 Å². The number of aliphatic hydroxyl groups excluding tert-OH is 1. The third-order valence-electron chi connectivity index (χ3n) is 4.14. The minimum absolute atomic E-state index is 0.166. The van der Waals surface area contributed by atoms with Crippen molar-refractivity contribution < 1.29 is 9.84 Å². The fraction of sp³-hybridized carbons (Fsp3) is 1.00. The van der Waals surface area contributed by atoms with Crippen LogP contribution in [0.25, 0.3) is 0 Å². The molecule has 3 heteroatoms. The van der Waals surface area contributed by atoms with Crippen molar-refractivity contribution in [3.8, 4) is 0 Å². The molecule has 0 heterocycles. The lowest BCUT2D eigenvalue weighted by molar-refractivity contribution is -0.127. The summed E-state index contributed by atoms with van der Waals surface area (Å²) in [6, 6.07) is 0. The zero-order chi connectivity index (χ0) is 12.7. The van der Waals surface area contributed by atoms with E-state index in [9.17, 15) is 5.11 Å². The van der Waals surface area contributed by atoms with E-state index in [0.717, 1.165) is 12.8 Å². The molecule has 1 rings (SSSR count). The highest BCUT2D eigenvalue weighted by molar-refractivity contribution is 4.84. The van der Waals surface area contributed by atoms with Crippen LogP contribution in [0.3, 0.4) is 0 Å². The van der Waals surface area contributed by atoms with Crippen molar-refractivity contribution in [2.45, 2.75) is 83.0 Å². The molecular formula is C14H29NO2. The van der Waals surface area contributed by atoms with E-state index in [-0.39, 0.29) is 5.60 Å². The molecule has 1 fully saturated rings. The summed E-state index contributed by atoms with van der Waals surface area (Å²) in [5, 5.41) is 9.78. The van der Waals surface area contributed by atoms with E-state index in [1.807, 2.05) is 0 Å². The Morgan fingerprint density at radius 1 is 1.24 bits per heavy atom. The van der Waals surface area contributed by atoms with Crippen LogP contribution in [-0.2, 0) is 4.74 Å². The summed E-state index contributed by atoms with van der Waals surface area (Å²) in [5.41, 5.74) is 5.35. The Hall–Kier alpha value is -0.120. The van der Waals surface area contributed by atoms with E-state index in [2.05, 4.69) is 13.8 Å². The second-order valence-electron chi connectivity index (χ2n) is 5.36. The number of aliphatic hydroxyl groups is 1. The molecular weight excluding hydrogens is 214 g/mol. The lowest BCUT2D eigenvalue weighted by Crippen LogP contribution is -2.41. The number of rotatable bonds is 7. The third-order valence-corrected chi connectivity index (χ3v) is 4.14. The topological polar surface area (TPSA) is 55.5 Å². The van der Waals surface area contributed by atoms with Gasteiger partial charge in [-0.2, -0.15) is 0 Å². The molecule has 0 saturated heterocycles. The van der Waals surface area contributed by atoms with E-state index in [0.29, 0.717) is 19.1 Å². The SMILES string of the molecule is CCC(CC)(CC(O)CN)OC1CCCCC1. The Balaban J connectivity index is 2.55. The first-order valence-corrected chi connectivity index (χ1v) is 7.21. The van der Waals surface area contributed by atoms with E-state index < -0.39 is 6.10 Å². The highest BCUT2D eigenvalue weighted by Crippen LogP contribution is 2.32. The molecule has 0 radical (unpaired) electrons. The van der Waals surface area contributed by atoms with Gasteiger partial charge >= 0.3 is 0 Å². The van der Waals surface area contributed by atoms with Gasteiger partial charge in [0.25, 0.3) is 0 Å². The summed E-state index contributed by atoms with van der Waals surface area (Å²) in [5.74, 6) is 0. The van der Waals surface area contributed by atoms with Gasteiger partial charge in [0.15, 0.2) is 0 Å². The maximum atomic E-state index is 9.78. The molecule has 0 aromatic rings. The van der Waals surface area contributed by atoms with Crippen LogP contribution in [0.2, 0.25) is 0 Å². The van der Waals surface area contributed by atoms with Crippen molar-refractivity contribution in [1.29, 1.82) is 0 Å². The second kappa shape index (κ2) is 7.34. The maximum absolute atomic E-state index is 9.78. The average Bonchev–Trinajstić information content (AvgIpc) is 2.39. The largest absolute Gasteiger partial charge is 0.392 e. The van der Waals surface area contributed by atoms with Crippen molar-refractivity contribution in [3.05, 3.63) is 0 Å². The van der Waals surface area contributed by atoms with Crippen molar-refractivity contribution in [2.24, 2.45) is 5.73 Å². The lowest BCUT2D eigenvalue weighted by Gasteiger charge is -2.38. The molecule has 0 bridgehead atoms. The number of hydrogen-bond acceptors (Lipinski definition) is 3. The molecule has 1 aliphatic rings. The molecule has 1 saturated carbocycles. The van der Waals surface area contributed by atoms with Crippen LogP contribution < -0.4 is 5.73 Å². The molecule has 0 spiro atoms. The molecule has 17 heavy (non-hydrogen) atoms. The Kier molecular flexibility index (Phi) is 6.45. The molecule has 1 aliphatic carbocycles. The lowest BCUT2D eigenvalue weighted by atomic mass is 9.88. The van der Waals surface area contributed by atoms with Crippen LogP contribution in [-0.4, -0.2) is 29.5 Å². The van der Waals surface area contributed by atoms with E-state index in [1.54, 1.807) is 0 Å². The Bertz CT molecular complexity index is 198. The third kappa shape index (κ3) is 4.57. The van der Waals surface area contributed by atoms with Crippen LogP contribution in [0.15, 0.2) is 0 Å². The van der Waals surface area contributed by atoms with Crippen molar-refractivity contribution in [3.63, 3.8) is 0 Å². The van der Waals surface area contributed by atoms with E-state index >= 15 is 0 Å². The normalized spacial score (nSPS) is 20.5. The van der Waals surface area contributed by atoms with Crippen LogP contribution in [0.4, 0.5) is 0 Å². The predicted molar refractivity (Wildman–Crippen MR) is 70.9 cm³/mol. The first kappa shape index (κ1) is 14.9. The summed E-state index contributed by atoms with van der Waals surface area (Å²) in [4.78, 5) is 0. The van der Waals surface area contributed by atoms with Crippen molar-refractivity contribution >= 4 is 0 Å². The maximum Gasteiger partial charge on any atom is 0.0706 e. The van der Waals surface area contributed by atoms with Gasteiger partial charge in [0.1, 0.15) is 0 Å². The molecule has 1 unspecified atom stereocenters. The standard InChI is InChI=1S/C14H29NO2/c1-3-14(4-2,10-12(16)11-15)17-13-8-6-5-7-9-13/h12-13,16H,3-11,15H2,1-2H3. The highest BCUT2D eigenvalue weighted by atomic mass is 16.5. The minimum Gasteiger partial charge on any atom is -0.392 e. The zero-order valence-electron chi connectivity index (χ0n) is 11.5. The molecule has 0 amide bonds. The minimum atomic E-state index is -0.432. The molecule has 0 aromatic carbocycles. The van der Waals surface area contributed by atoms with Gasteiger partial charge in [-0.15, -0.1) is 0 Å². The summed E-state index contributed by atoms with van der Waals surface area (Å²) in [7, 11) is 0. The quantitative estimate of drug-likeness (QED) is 0.722. The molecule has 3 N–H and O–H groups in total. The van der Waals surface area contributed by atoms with Gasteiger partial charge < -0.3 is 15.6 Å². The first-order chi connectivity index (χ1) is 8.15. The van der Waals surface area contributed by atoms with Gasteiger partial charge in [-0.05, 0) is 25.7 Å². The molecule has 102 valence electrons. The van der Waals surface area contributed by atoms with Crippen LogP contribution in [0, 0.1) is 0 Å². The summed E-state index contributed by atoms with van der Waals surface area (Å²) < 4.78 is 6.33. The van der Waals surface area contributed by atoms with Gasteiger partial charge in [-0.1, -0.05) is 33.1 Å². The molecule has 1 atom stereocenters. The smallest absolute Gasteiger partial charge is 0.0706 e. The first-order valence-electron chi connectivity index (χ1n) is 7.21. The summed E-state index contributed by atoms with van der Waals surface area (Å²) in [6.45, 7) is 4.63. The van der Waals surface area contributed by atoms with Crippen LogP contribution >= 0.6 is 0 Å². The highest BCUT2D eigenvalue weighted by Gasteiger charge is 2.33. The fourth-order valence-electron chi connectivity index (χ4n) is 2.80. The Morgan fingerprint density at radius 3 is 2.29 bits per heavy atom. The van der Waals surface area contributed by atoms with Gasteiger partial charge in [0.05, 0.1) is 17.8 Å². The van der Waals surface area contributed by atoms with Gasteiger partial charge in [0.2, 0.25) is 0 Å². The van der Waals surface area contributed by atoms with Gasteiger partial charge in [-0.25, -0.2) is 0 Å². The second-order valence-corrected chi connectivity index (χ2v) is 5.36. The number of nitrogens with two attached hydrogens (primary N) is 1. The summed E-state index contributed by atoms with van der Waals surface area (Å²) in [6.07, 6.45) is 8.83. The predicted octanol–water partition coefficient (Wildman–Crippen LogP) is 2.60. The van der Waals surface area contributed by atoms with Crippen LogP contribution in [0.1, 0.15) is 65.2 Å². The van der Waals surface area contributed by atoms with Gasteiger partial charge in [0, 0.05) is 13.0 Å². The zero-order valence-corrected chi connectivity index (χ0v) is 11.5. The Morgan fingerprint density at radius 2 is 1.82 bits per heavy atom. The monoisotopic (exact) mass is 243 g/mol. The fourth-order valence-corrected chi connectivity index (χ4v) is 2.80. The van der Waals surface area contributed by atoms with E-state index in [1.165, 1.54) is 32.1 Å². The van der Waals surface area contributed by atoms with Crippen molar-refractivity contribution in [1.82, 2.24) is 0 Å². The van der Waals surface area contributed by atoms with Crippen molar-refractivity contribution in [2.75, 3.05) is 6.54 Å². The molecule has 0 aromatic heterocycles.